The number of aromatic nitrogens is 1. The Bertz CT molecular complexity index is 947. The minimum Gasteiger partial charge on any atom is -0.481 e. The van der Waals surface area contributed by atoms with Crippen molar-refractivity contribution in [3.63, 3.8) is 0 Å². The molecule has 0 saturated carbocycles. The summed E-state index contributed by atoms with van der Waals surface area (Å²) in [6, 6.07) is 15.0. The molecule has 6 nitrogen and oxygen atoms in total. The lowest BCUT2D eigenvalue weighted by atomic mass is 9.97. The van der Waals surface area contributed by atoms with Crippen LogP contribution in [0.4, 0.5) is 0 Å². The minimum atomic E-state index is -0.473. The molecule has 3 rings (SSSR count). The fraction of sp³-hybridized carbons (Fsp3) is 0.0556. The molecule has 0 saturated heterocycles. The Morgan fingerprint density at radius 1 is 1.12 bits per heavy atom. The summed E-state index contributed by atoms with van der Waals surface area (Å²) in [5.41, 5.74) is 12.9. The topological polar surface area (TPSA) is 104 Å². The van der Waals surface area contributed by atoms with Crippen molar-refractivity contribution in [2.75, 3.05) is 7.11 Å². The fourth-order valence-electron chi connectivity index (χ4n) is 2.53. The van der Waals surface area contributed by atoms with Crippen LogP contribution in [0.25, 0.3) is 21.9 Å². The van der Waals surface area contributed by atoms with Gasteiger partial charge in [0.15, 0.2) is 5.96 Å². The van der Waals surface area contributed by atoms with Crippen molar-refractivity contribution in [1.82, 2.24) is 4.98 Å². The summed E-state index contributed by atoms with van der Waals surface area (Å²) >= 11 is 0. The maximum absolute atomic E-state index is 12.1. The van der Waals surface area contributed by atoms with Gasteiger partial charge < -0.3 is 16.2 Å². The van der Waals surface area contributed by atoms with Gasteiger partial charge >= 0.3 is 0 Å². The second-order valence-electron chi connectivity index (χ2n) is 5.17. The van der Waals surface area contributed by atoms with Crippen molar-refractivity contribution in [3.8, 4) is 17.0 Å². The molecule has 4 N–H and O–H groups in total. The molecule has 0 spiro atoms. The van der Waals surface area contributed by atoms with Crippen LogP contribution in [0.5, 0.6) is 5.88 Å². The number of rotatable bonds is 3. The molecule has 0 aliphatic heterocycles. The number of carbonyl (C=O) groups excluding carboxylic acids is 1. The third-order valence-corrected chi connectivity index (χ3v) is 3.61. The van der Waals surface area contributed by atoms with Gasteiger partial charge in [-0.05, 0) is 40.1 Å². The van der Waals surface area contributed by atoms with Gasteiger partial charge in [0.2, 0.25) is 5.88 Å². The predicted octanol–water partition coefficient (Wildman–Crippen LogP) is 2.32. The molecule has 1 amide bonds. The largest absolute Gasteiger partial charge is 0.481 e. The van der Waals surface area contributed by atoms with E-state index in [2.05, 4.69) is 9.98 Å². The van der Waals surface area contributed by atoms with Crippen molar-refractivity contribution in [2.24, 2.45) is 16.5 Å². The maximum atomic E-state index is 12.1. The molecule has 0 aliphatic carbocycles. The highest BCUT2D eigenvalue weighted by Gasteiger charge is 2.10. The summed E-state index contributed by atoms with van der Waals surface area (Å²) in [5.74, 6) is -0.205. The molecule has 0 aliphatic rings. The van der Waals surface area contributed by atoms with E-state index in [1.807, 2.05) is 36.4 Å². The van der Waals surface area contributed by atoms with Crippen LogP contribution in [0, 0.1) is 0 Å². The molecule has 120 valence electrons. The number of nitrogens with zero attached hydrogens (tertiary/aromatic N) is 2. The number of ether oxygens (including phenoxy) is 1. The number of aliphatic imine (C=N–C) groups is 1. The summed E-state index contributed by atoms with van der Waals surface area (Å²) in [7, 11) is 1.57. The van der Waals surface area contributed by atoms with Gasteiger partial charge in [-0.15, -0.1) is 0 Å². The number of guanidine groups is 1. The number of amides is 1. The number of fused-ring (bicyclic) bond motifs is 1. The molecule has 0 radical (unpaired) electrons. The van der Waals surface area contributed by atoms with Gasteiger partial charge in [-0.2, -0.15) is 4.99 Å². The van der Waals surface area contributed by atoms with E-state index in [0.717, 1.165) is 21.9 Å². The standard InChI is InChI=1S/C18H16N4O2/c1-24-16-10-12(7-8-21-16)14-4-2-3-11-5-6-13(9-15(11)14)17(23)22-18(19)20/h2-10H,1H3,(H4,19,20,22,23). The van der Waals surface area contributed by atoms with E-state index in [4.69, 9.17) is 16.2 Å². The van der Waals surface area contributed by atoms with E-state index in [9.17, 15) is 4.79 Å². The summed E-state index contributed by atoms with van der Waals surface area (Å²) in [6.07, 6.45) is 1.68. The quantitative estimate of drug-likeness (QED) is 0.569. The Kier molecular flexibility index (Phi) is 4.11. The molecule has 0 unspecified atom stereocenters. The first-order valence-corrected chi connectivity index (χ1v) is 7.25. The highest BCUT2D eigenvalue weighted by Crippen LogP contribution is 2.30. The van der Waals surface area contributed by atoms with E-state index in [0.29, 0.717) is 11.4 Å². The van der Waals surface area contributed by atoms with Gasteiger partial charge in [0.25, 0.3) is 5.91 Å². The third-order valence-electron chi connectivity index (χ3n) is 3.61. The number of hydrogen-bond acceptors (Lipinski definition) is 3. The molecule has 1 aromatic heterocycles. The van der Waals surface area contributed by atoms with E-state index in [1.54, 1.807) is 25.4 Å². The fourth-order valence-corrected chi connectivity index (χ4v) is 2.53. The molecular formula is C18H16N4O2. The monoisotopic (exact) mass is 320 g/mol. The Morgan fingerprint density at radius 2 is 1.96 bits per heavy atom. The number of benzene rings is 2. The minimum absolute atomic E-state index is 0.257. The van der Waals surface area contributed by atoms with Gasteiger partial charge in [0, 0.05) is 17.8 Å². The van der Waals surface area contributed by atoms with Gasteiger partial charge in [-0.25, -0.2) is 4.98 Å². The van der Waals surface area contributed by atoms with Crippen LogP contribution in [0.3, 0.4) is 0 Å². The first kappa shape index (κ1) is 15.5. The molecule has 2 aromatic carbocycles. The van der Waals surface area contributed by atoms with Gasteiger partial charge in [-0.1, -0.05) is 24.3 Å². The van der Waals surface area contributed by atoms with Crippen LogP contribution in [0.15, 0.2) is 59.7 Å². The van der Waals surface area contributed by atoms with Gasteiger partial charge in [0.05, 0.1) is 7.11 Å². The van der Waals surface area contributed by atoms with Crippen molar-refractivity contribution in [1.29, 1.82) is 0 Å². The lowest BCUT2D eigenvalue weighted by Crippen LogP contribution is -2.24. The molecular weight excluding hydrogens is 304 g/mol. The van der Waals surface area contributed by atoms with Crippen molar-refractivity contribution in [2.45, 2.75) is 0 Å². The zero-order valence-corrected chi connectivity index (χ0v) is 13.1. The Morgan fingerprint density at radius 3 is 2.71 bits per heavy atom. The number of pyridine rings is 1. The number of nitrogens with two attached hydrogens (primary N) is 2. The highest BCUT2D eigenvalue weighted by atomic mass is 16.5. The Labute approximate surface area is 138 Å². The highest BCUT2D eigenvalue weighted by molar-refractivity contribution is 6.06. The van der Waals surface area contributed by atoms with E-state index < -0.39 is 5.91 Å². The van der Waals surface area contributed by atoms with E-state index in [1.165, 1.54) is 0 Å². The van der Waals surface area contributed by atoms with Crippen LogP contribution >= 0.6 is 0 Å². The summed E-state index contributed by atoms with van der Waals surface area (Å²) in [5, 5.41) is 1.92. The number of hydrogen-bond donors (Lipinski definition) is 2. The molecule has 3 aromatic rings. The maximum Gasteiger partial charge on any atom is 0.280 e. The van der Waals surface area contributed by atoms with E-state index in [-0.39, 0.29) is 5.96 Å². The SMILES string of the molecule is COc1cc(-c2cccc3ccc(C(=O)N=C(N)N)cc23)ccn1. The normalized spacial score (nSPS) is 10.4. The summed E-state index contributed by atoms with van der Waals surface area (Å²) in [6.45, 7) is 0. The number of carbonyl (C=O) groups is 1. The Balaban J connectivity index is 2.17. The molecule has 0 bridgehead atoms. The van der Waals surface area contributed by atoms with Gasteiger partial charge in [0.1, 0.15) is 0 Å². The lowest BCUT2D eigenvalue weighted by molar-refractivity contribution is 0.100. The zero-order valence-electron chi connectivity index (χ0n) is 13.1. The van der Waals surface area contributed by atoms with Crippen molar-refractivity contribution < 1.29 is 9.53 Å². The van der Waals surface area contributed by atoms with Gasteiger partial charge in [-0.3, -0.25) is 4.79 Å². The zero-order chi connectivity index (χ0) is 17.1. The summed E-state index contributed by atoms with van der Waals surface area (Å²) < 4.78 is 5.18. The number of methoxy groups -OCH3 is 1. The van der Waals surface area contributed by atoms with Crippen LogP contribution in [-0.4, -0.2) is 24.0 Å². The molecule has 0 atom stereocenters. The van der Waals surface area contributed by atoms with Crippen LogP contribution in [0.1, 0.15) is 10.4 Å². The van der Waals surface area contributed by atoms with Crippen LogP contribution < -0.4 is 16.2 Å². The molecule has 24 heavy (non-hydrogen) atoms. The first-order valence-electron chi connectivity index (χ1n) is 7.25. The predicted molar refractivity (Wildman–Crippen MR) is 93.9 cm³/mol. The second-order valence-corrected chi connectivity index (χ2v) is 5.17. The average molecular weight is 320 g/mol. The molecule has 0 fully saturated rings. The Hall–Kier alpha value is -3.41. The molecule has 1 heterocycles. The molecule has 6 heteroatoms. The van der Waals surface area contributed by atoms with Crippen molar-refractivity contribution in [3.05, 3.63) is 60.3 Å². The van der Waals surface area contributed by atoms with Crippen molar-refractivity contribution >= 4 is 22.6 Å². The van der Waals surface area contributed by atoms with Crippen LogP contribution in [0.2, 0.25) is 0 Å². The second kappa shape index (κ2) is 6.37. The van der Waals surface area contributed by atoms with Crippen LogP contribution in [-0.2, 0) is 0 Å². The average Bonchev–Trinajstić information content (AvgIpc) is 2.60. The summed E-state index contributed by atoms with van der Waals surface area (Å²) in [4.78, 5) is 19.8. The van der Waals surface area contributed by atoms with E-state index >= 15 is 0 Å². The smallest absolute Gasteiger partial charge is 0.280 e. The first-order chi connectivity index (χ1) is 11.6. The lowest BCUT2D eigenvalue weighted by Gasteiger charge is -2.09. The third kappa shape index (κ3) is 3.03.